The third kappa shape index (κ3) is 1.92. The lowest BCUT2D eigenvalue weighted by Crippen LogP contribution is -1.91. The third-order valence-electron chi connectivity index (χ3n) is 5.76. The van der Waals surface area contributed by atoms with Gasteiger partial charge >= 0.3 is 0 Å². The summed E-state index contributed by atoms with van der Waals surface area (Å²) in [6.45, 7) is 0. The minimum Gasteiger partial charge on any atom is -0.204 e. The van der Waals surface area contributed by atoms with Crippen molar-refractivity contribution in [2.75, 3.05) is 0 Å². The van der Waals surface area contributed by atoms with Gasteiger partial charge in [-0.1, -0.05) is 78.9 Å². The zero-order valence-electron chi connectivity index (χ0n) is 14.8. The molecule has 2 heteroatoms. The molecule has 6 aromatic carbocycles. The minimum absolute atomic E-state index is 0.351. The molecule has 6 aromatic rings. The number of fused-ring (bicyclic) bond motifs is 10. The highest BCUT2D eigenvalue weighted by Gasteiger charge is 2.16. The number of hydrogen-bond acceptors (Lipinski definition) is 0. The number of halogens is 2. The van der Waals surface area contributed by atoms with Crippen LogP contribution in [-0.4, -0.2) is 0 Å². The van der Waals surface area contributed by atoms with Crippen LogP contribution in [0.1, 0.15) is 0 Å². The fourth-order valence-corrected chi connectivity index (χ4v) is 4.56. The molecular weight excluding hydrogens is 350 g/mol. The fraction of sp³-hybridized carbons (Fsp3) is 0. The highest BCUT2D eigenvalue weighted by atomic mass is 19.2. The first-order chi connectivity index (χ1) is 13.7. The van der Waals surface area contributed by atoms with Crippen LogP contribution >= 0.6 is 0 Å². The molecule has 0 fully saturated rings. The minimum atomic E-state index is -0.817. The van der Waals surface area contributed by atoms with Gasteiger partial charge in [-0.15, -0.1) is 0 Å². The van der Waals surface area contributed by atoms with Crippen LogP contribution in [0.2, 0.25) is 0 Å². The van der Waals surface area contributed by atoms with Crippen molar-refractivity contribution in [3.8, 4) is 0 Å². The van der Waals surface area contributed by atoms with Gasteiger partial charge in [0, 0.05) is 10.8 Å². The van der Waals surface area contributed by atoms with Crippen LogP contribution in [0.25, 0.3) is 53.9 Å². The molecule has 0 amide bonds. The van der Waals surface area contributed by atoms with Crippen molar-refractivity contribution in [1.29, 1.82) is 0 Å². The van der Waals surface area contributed by atoms with Crippen LogP contribution in [-0.2, 0) is 0 Å². The maximum absolute atomic E-state index is 14.9. The van der Waals surface area contributed by atoms with Crippen LogP contribution < -0.4 is 0 Å². The molecule has 0 aliphatic rings. The maximum Gasteiger partial charge on any atom is 0.167 e. The van der Waals surface area contributed by atoms with Gasteiger partial charge in [-0.05, 0) is 49.2 Å². The molecule has 0 aliphatic carbocycles. The predicted octanol–water partition coefficient (Wildman–Crippen LogP) is 7.73. The highest BCUT2D eigenvalue weighted by Crippen LogP contribution is 2.42. The van der Waals surface area contributed by atoms with Crippen molar-refractivity contribution in [3.05, 3.63) is 96.6 Å². The van der Waals surface area contributed by atoms with Gasteiger partial charge in [-0.25, -0.2) is 8.78 Å². The molecule has 0 heterocycles. The van der Waals surface area contributed by atoms with E-state index in [1.807, 2.05) is 42.5 Å². The summed E-state index contributed by atoms with van der Waals surface area (Å²) in [5.41, 5.74) is 0. The Bertz CT molecular complexity index is 1560. The highest BCUT2D eigenvalue weighted by molar-refractivity contribution is 6.35. The molecule has 6 rings (SSSR count). The van der Waals surface area contributed by atoms with Crippen LogP contribution in [0.3, 0.4) is 0 Å². The second-order valence-electron chi connectivity index (χ2n) is 7.20. The van der Waals surface area contributed by atoms with Crippen LogP contribution in [0, 0.1) is 11.6 Å². The van der Waals surface area contributed by atoms with Crippen molar-refractivity contribution in [2.24, 2.45) is 0 Å². The second-order valence-corrected chi connectivity index (χ2v) is 7.20. The van der Waals surface area contributed by atoms with Gasteiger partial charge < -0.3 is 0 Å². The van der Waals surface area contributed by atoms with Gasteiger partial charge in [0.1, 0.15) is 0 Å². The Morgan fingerprint density at radius 1 is 0.393 bits per heavy atom. The van der Waals surface area contributed by atoms with Crippen molar-refractivity contribution < 1.29 is 8.78 Å². The summed E-state index contributed by atoms with van der Waals surface area (Å²) in [4.78, 5) is 0. The molecule has 0 N–H and O–H groups in total. The van der Waals surface area contributed by atoms with E-state index in [-0.39, 0.29) is 0 Å². The van der Waals surface area contributed by atoms with Crippen LogP contribution in [0.15, 0.2) is 84.9 Å². The Morgan fingerprint density at radius 2 is 0.929 bits per heavy atom. The molecule has 0 saturated heterocycles. The first kappa shape index (κ1) is 15.5. The molecule has 0 unspecified atom stereocenters. The summed E-state index contributed by atoms with van der Waals surface area (Å²) >= 11 is 0. The molecule has 0 bridgehead atoms. The van der Waals surface area contributed by atoms with E-state index in [0.717, 1.165) is 43.1 Å². The van der Waals surface area contributed by atoms with E-state index in [1.165, 1.54) is 6.07 Å². The first-order valence-corrected chi connectivity index (χ1v) is 9.26. The summed E-state index contributed by atoms with van der Waals surface area (Å²) in [5, 5.41) is 9.30. The van der Waals surface area contributed by atoms with E-state index < -0.39 is 11.6 Å². The van der Waals surface area contributed by atoms with Gasteiger partial charge in [0.05, 0.1) is 0 Å². The summed E-state index contributed by atoms with van der Waals surface area (Å²) in [6.07, 6.45) is 0. The fourth-order valence-electron chi connectivity index (χ4n) is 4.56. The summed E-state index contributed by atoms with van der Waals surface area (Å²) in [6, 6.07) is 27.2. The van der Waals surface area contributed by atoms with Crippen LogP contribution in [0.4, 0.5) is 8.78 Å². The van der Waals surface area contributed by atoms with Gasteiger partial charge in [0.25, 0.3) is 0 Å². The van der Waals surface area contributed by atoms with Gasteiger partial charge in [0.2, 0.25) is 0 Å². The maximum atomic E-state index is 14.9. The molecule has 28 heavy (non-hydrogen) atoms. The Morgan fingerprint density at radius 3 is 1.71 bits per heavy atom. The molecule has 0 saturated carbocycles. The van der Waals surface area contributed by atoms with Crippen molar-refractivity contribution in [3.63, 3.8) is 0 Å². The molecule has 0 nitrogen and oxygen atoms in total. The lowest BCUT2D eigenvalue weighted by molar-refractivity contribution is 0.517. The normalized spacial score (nSPS) is 11.9. The Hall–Kier alpha value is -3.52. The molecule has 0 aromatic heterocycles. The van der Waals surface area contributed by atoms with E-state index in [1.54, 1.807) is 6.07 Å². The molecule has 132 valence electrons. The average Bonchev–Trinajstić information content (AvgIpc) is 2.75. The second kappa shape index (κ2) is 5.49. The summed E-state index contributed by atoms with van der Waals surface area (Å²) in [5.74, 6) is -1.60. The Labute approximate surface area is 159 Å². The zero-order valence-corrected chi connectivity index (χ0v) is 14.8. The number of hydrogen-bond donors (Lipinski definition) is 0. The molecule has 0 atom stereocenters. The molecule has 0 spiro atoms. The molecule has 0 radical (unpaired) electrons. The van der Waals surface area contributed by atoms with E-state index in [2.05, 4.69) is 30.3 Å². The Kier molecular flexibility index (Phi) is 3.05. The van der Waals surface area contributed by atoms with E-state index in [4.69, 9.17) is 0 Å². The van der Waals surface area contributed by atoms with Gasteiger partial charge in [-0.2, -0.15) is 0 Å². The number of rotatable bonds is 0. The monoisotopic (exact) mass is 364 g/mol. The van der Waals surface area contributed by atoms with E-state index in [9.17, 15) is 8.78 Å². The van der Waals surface area contributed by atoms with Gasteiger partial charge in [0.15, 0.2) is 11.6 Å². The lowest BCUT2D eigenvalue weighted by atomic mass is 9.89. The zero-order chi connectivity index (χ0) is 18.8. The largest absolute Gasteiger partial charge is 0.204 e. The van der Waals surface area contributed by atoms with Crippen LogP contribution in [0.5, 0.6) is 0 Å². The van der Waals surface area contributed by atoms with E-state index in [0.29, 0.717) is 10.8 Å². The summed E-state index contributed by atoms with van der Waals surface area (Å²) in [7, 11) is 0. The Balaban J connectivity index is 2.04. The quantitative estimate of drug-likeness (QED) is 0.242. The lowest BCUT2D eigenvalue weighted by Gasteiger charge is -2.15. The molecule has 0 aliphatic heterocycles. The van der Waals surface area contributed by atoms with Crippen molar-refractivity contribution >= 4 is 53.9 Å². The topological polar surface area (TPSA) is 0 Å². The van der Waals surface area contributed by atoms with E-state index >= 15 is 0 Å². The third-order valence-corrected chi connectivity index (χ3v) is 5.76. The SMILES string of the molecule is Fc1ccc2ccc3c4ccc5ccccc5c4c4ccccc4c3c2c1F. The standard InChI is InChI=1S/C26H14F2/c27-22-14-11-16-10-13-21-20-12-9-15-5-1-2-6-17(15)24(20)18-7-3-4-8-19(18)25(21)23(16)26(22)28/h1-14H. The average molecular weight is 364 g/mol. The number of benzene rings is 6. The predicted molar refractivity (Wildman–Crippen MR) is 114 cm³/mol. The van der Waals surface area contributed by atoms with Gasteiger partial charge in [-0.3, -0.25) is 0 Å². The van der Waals surface area contributed by atoms with Crippen molar-refractivity contribution in [2.45, 2.75) is 0 Å². The van der Waals surface area contributed by atoms with Crippen molar-refractivity contribution in [1.82, 2.24) is 0 Å². The summed E-state index contributed by atoms with van der Waals surface area (Å²) < 4.78 is 29.1. The molecular formula is C26H14F2. The smallest absolute Gasteiger partial charge is 0.167 e. The first-order valence-electron chi connectivity index (χ1n) is 9.26.